The Bertz CT molecular complexity index is 585. The fraction of sp³-hybridized carbons (Fsp3) is 0.308. The van der Waals surface area contributed by atoms with Crippen molar-refractivity contribution in [3.05, 3.63) is 46.5 Å². The first kappa shape index (κ1) is 13.8. The van der Waals surface area contributed by atoms with Gasteiger partial charge in [-0.25, -0.2) is 4.39 Å². The lowest BCUT2D eigenvalue weighted by atomic mass is 10.0. The number of aryl methyl sites for hydroxylation is 1. The molecule has 0 amide bonds. The van der Waals surface area contributed by atoms with Gasteiger partial charge in [0.2, 0.25) is 0 Å². The van der Waals surface area contributed by atoms with E-state index in [9.17, 15) is 4.39 Å². The molecule has 6 heteroatoms. The number of hydrogen-bond acceptors (Lipinski definition) is 3. The average molecular weight is 284 g/mol. The third-order valence-corrected chi connectivity index (χ3v) is 3.32. The first-order valence-corrected chi connectivity index (χ1v) is 6.15. The Hall–Kier alpha value is -1.59. The lowest BCUT2D eigenvalue weighted by Crippen LogP contribution is -2.22. The molecule has 0 spiro atoms. The van der Waals surface area contributed by atoms with Gasteiger partial charge in [0, 0.05) is 12.6 Å². The number of rotatable bonds is 4. The van der Waals surface area contributed by atoms with E-state index in [0.29, 0.717) is 11.3 Å². The SMILES string of the molecule is CNC(c1cccc(Cl)c1F)c1c(OC)cnn1C. The summed E-state index contributed by atoms with van der Waals surface area (Å²) in [4.78, 5) is 0. The fourth-order valence-electron chi connectivity index (χ4n) is 2.10. The summed E-state index contributed by atoms with van der Waals surface area (Å²) < 4.78 is 21.1. The van der Waals surface area contributed by atoms with Crippen molar-refractivity contribution in [2.75, 3.05) is 14.2 Å². The van der Waals surface area contributed by atoms with E-state index in [2.05, 4.69) is 10.4 Å². The molecular formula is C13H15ClFN3O. The third-order valence-electron chi connectivity index (χ3n) is 3.02. The van der Waals surface area contributed by atoms with Crippen molar-refractivity contribution in [2.24, 2.45) is 7.05 Å². The van der Waals surface area contributed by atoms with Crippen molar-refractivity contribution in [2.45, 2.75) is 6.04 Å². The van der Waals surface area contributed by atoms with Crippen molar-refractivity contribution < 1.29 is 9.13 Å². The molecule has 2 rings (SSSR count). The number of nitrogens with zero attached hydrogens (tertiary/aromatic N) is 2. The van der Waals surface area contributed by atoms with Crippen LogP contribution < -0.4 is 10.1 Å². The summed E-state index contributed by atoms with van der Waals surface area (Å²) in [5.74, 6) is 0.160. The first-order chi connectivity index (χ1) is 9.10. The standard InChI is InChI=1S/C13H15ClFN3O/c1-16-12(8-5-4-6-9(14)11(8)15)13-10(19-3)7-17-18(13)2/h4-7,12,16H,1-3H3. The number of benzene rings is 1. The highest BCUT2D eigenvalue weighted by atomic mass is 35.5. The van der Waals surface area contributed by atoms with Crippen LogP contribution in [0.4, 0.5) is 4.39 Å². The molecule has 0 aliphatic heterocycles. The van der Waals surface area contributed by atoms with Gasteiger partial charge in [0.25, 0.3) is 0 Å². The normalized spacial score (nSPS) is 12.5. The van der Waals surface area contributed by atoms with Gasteiger partial charge < -0.3 is 10.1 Å². The zero-order valence-corrected chi connectivity index (χ0v) is 11.7. The molecule has 4 nitrogen and oxygen atoms in total. The molecule has 1 atom stereocenters. The van der Waals surface area contributed by atoms with Gasteiger partial charge in [0.15, 0.2) is 5.75 Å². The molecule has 0 aliphatic rings. The van der Waals surface area contributed by atoms with Crippen LogP contribution in [0.2, 0.25) is 5.02 Å². The minimum absolute atomic E-state index is 0.0962. The van der Waals surface area contributed by atoms with E-state index < -0.39 is 5.82 Å². The van der Waals surface area contributed by atoms with E-state index >= 15 is 0 Å². The first-order valence-electron chi connectivity index (χ1n) is 5.77. The van der Waals surface area contributed by atoms with Crippen LogP contribution in [-0.2, 0) is 7.05 Å². The second-order valence-electron chi connectivity index (χ2n) is 4.09. The van der Waals surface area contributed by atoms with Crippen molar-refractivity contribution in [1.82, 2.24) is 15.1 Å². The maximum Gasteiger partial charge on any atom is 0.161 e. The topological polar surface area (TPSA) is 39.1 Å². The average Bonchev–Trinajstić information content (AvgIpc) is 2.77. The predicted octanol–water partition coefficient (Wildman–Crippen LogP) is 2.53. The molecule has 0 fully saturated rings. The highest BCUT2D eigenvalue weighted by Crippen LogP contribution is 2.32. The van der Waals surface area contributed by atoms with Crippen molar-refractivity contribution in [3.63, 3.8) is 0 Å². The largest absolute Gasteiger partial charge is 0.493 e. The summed E-state index contributed by atoms with van der Waals surface area (Å²) in [7, 11) is 5.09. The van der Waals surface area contributed by atoms with Gasteiger partial charge in [-0.05, 0) is 13.1 Å². The molecule has 0 aliphatic carbocycles. The van der Waals surface area contributed by atoms with Crippen LogP contribution in [0.25, 0.3) is 0 Å². The Morgan fingerprint density at radius 1 is 1.47 bits per heavy atom. The maximum atomic E-state index is 14.2. The maximum absolute atomic E-state index is 14.2. The van der Waals surface area contributed by atoms with Crippen LogP contribution in [0, 0.1) is 5.82 Å². The van der Waals surface area contributed by atoms with E-state index in [1.165, 1.54) is 6.07 Å². The second kappa shape index (κ2) is 5.59. The number of methoxy groups -OCH3 is 1. The van der Waals surface area contributed by atoms with Gasteiger partial charge in [-0.3, -0.25) is 4.68 Å². The number of halogens is 2. The molecule has 2 aromatic rings. The van der Waals surface area contributed by atoms with Crippen LogP contribution in [0.3, 0.4) is 0 Å². The van der Waals surface area contributed by atoms with Crippen molar-refractivity contribution in [1.29, 1.82) is 0 Å². The minimum Gasteiger partial charge on any atom is -0.493 e. The molecule has 1 aromatic heterocycles. The second-order valence-corrected chi connectivity index (χ2v) is 4.49. The van der Waals surface area contributed by atoms with E-state index in [4.69, 9.17) is 16.3 Å². The number of hydrogen-bond donors (Lipinski definition) is 1. The summed E-state index contributed by atoms with van der Waals surface area (Å²) >= 11 is 5.83. The molecule has 0 saturated carbocycles. The fourth-order valence-corrected chi connectivity index (χ4v) is 2.28. The highest BCUT2D eigenvalue weighted by Gasteiger charge is 2.24. The van der Waals surface area contributed by atoms with E-state index in [1.807, 2.05) is 0 Å². The summed E-state index contributed by atoms with van der Waals surface area (Å²) in [6.07, 6.45) is 1.60. The Kier molecular flexibility index (Phi) is 4.07. The summed E-state index contributed by atoms with van der Waals surface area (Å²) in [6, 6.07) is 4.54. The van der Waals surface area contributed by atoms with Gasteiger partial charge in [0.1, 0.15) is 11.5 Å². The summed E-state index contributed by atoms with van der Waals surface area (Å²) in [5.41, 5.74) is 1.20. The predicted molar refractivity (Wildman–Crippen MR) is 72.1 cm³/mol. The monoisotopic (exact) mass is 283 g/mol. The van der Waals surface area contributed by atoms with Crippen LogP contribution in [-0.4, -0.2) is 23.9 Å². The molecule has 0 bridgehead atoms. The van der Waals surface area contributed by atoms with Crippen molar-refractivity contribution in [3.8, 4) is 5.75 Å². The van der Waals surface area contributed by atoms with Crippen LogP contribution in [0.5, 0.6) is 5.75 Å². The molecule has 1 aromatic carbocycles. The van der Waals surface area contributed by atoms with E-state index in [1.54, 1.807) is 44.2 Å². The molecular weight excluding hydrogens is 269 g/mol. The lowest BCUT2D eigenvalue weighted by molar-refractivity contribution is 0.401. The Balaban J connectivity index is 2.56. The van der Waals surface area contributed by atoms with Gasteiger partial charge in [-0.2, -0.15) is 5.10 Å². The summed E-state index contributed by atoms with van der Waals surface area (Å²) in [6.45, 7) is 0. The van der Waals surface area contributed by atoms with Crippen LogP contribution in [0.1, 0.15) is 17.3 Å². The molecule has 0 saturated heterocycles. The Morgan fingerprint density at radius 3 is 2.84 bits per heavy atom. The molecule has 1 heterocycles. The molecule has 1 unspecified atom stereocenters. The van der Waals surface area contributed by atoms with Gasteiger partial charge >= 0.3 is 0 Å². The third kappa shape index (κ3) is 2.43. The molecule has 102 valence electrons. The van der Waals surface area contributed by atoms with Crippen LogP contribution >= 0.6 is 11.6 Å². The number of ether oxygens (including phenoxy) is 1. The quantitative estimate of drug-likeness (QED) is 0.937. The Labute approximate surface area is 116 Å². The van der Waals surface area contributed by atoms with Gasteiger partial charge in [0.05, 0.1) is 24.4 Å². The zero-order chi connectivity index (χ0) is 14.0. The Morgan fingerprint density at radius 2 is 2.21 bits per heavy atom. The zero-order valence-electron chi connectivity index (χ0n) is 10.9. The van der Waals surface area contributed by atoms with Gasteiger partial charge in [-0.15, -0.1) is 0 Å². The van der Waals surface area contributed by atoms with Gasteiger partial charge in [-0.1, -0.05) is 23.7 Å². The van der Waals surface area contributed by atoms with Crippen molar-refractivity contribution >= 4 is 11.6 Å². The number of aromatic nitrogens is 2. The molecule has 1 N–H and O–H groups in total. The number of nitrogens with one attached hydrogen (secondary N) is 1. The highest BCUT2D eigenvalue weighted by molar-refractivity contribution is 6.30. The summed E-state index contributed by atoms with van der Waals surface area (Å²) in [5, 5.41) is 7.29. The van der Waals surface area contributed by atoms with E-state index in [0.717, 1.165) is 5.69 Å². The molecule has 0 radical (unpaired) electrons. The lowest BCUT2D eigenvalue weighted by Gasteiger charge is -2.19. The minimum atomic E-state index is -0.438. The van der Waals surface area contributed by atoms with Crippen LogP contribution in [0.15, 0.2) is 24.4 Å². The smallest absolute Gasteiger partial charge is 0.161 e. The van der Waals surface area contributed by atoms with E-state index in [-0.39, 0.29) is 11.1 Å². The molecule has 19 heavy (non-hydrogen) atoms.